The van der Waals surface area contributed by atoms with E-state index in [-0.39, 0.29) is 12.6 Å². The van der Waals surface area contributed by atoms with Crippen molar-refractivity contribution in [1.29, 1.82) is 0 Å². The van der Waals surface area contributed by atoms with Gasteiger partial charge in [0.15, 0.2) is 0 Å². The average Bonchev–Trinajstić information content (AvgIpc) is 2.09. The summed E-state index contributed by atoms with van der Waals surface area (Å²) >= 11 is 0. The largest absolute Gasteiger partial charge is 0.480 e. The lowest BCUT2D eigenvalue weighted by Crippen LogP contribution is -2.58. The molecule has 0 spiro atoms. The van der Waals surface area contributed by atoms with Crippen molar-refractivity contribution in [2.75, 3.05) is 33.2 Å². The minimum absolute atomic E-state index is 0.184. The van der Waals surface area contributed by atoms with Gasteiger partial charge in [0.25, 0.3) is 0 Å². The first kappa shape index (κ1) is 11.4. The standard InChI is InChI=1S/C9H19N3O2/c1-7-6-11(2)3-4-12(7)8(5-10)9(13)14/h7-8H,3-6,10H2,1-2H3,(H,13,14). The number of hydrogen-bond acceptors (Lipinski definition) is 4. The second-order valence-electron chi connectivity index (χ2n) is 3.94. The molecule has 82 valence electrons. The molecule has 1 aliphatic heterocycles. The summed E-state index contributed by atoms with van der Waals surface area (Å²) in [5.41, 5.74) is 5.47. The lowest BCUT2D eigenvalue weighted by atomic mass is 10.1. The summed E-state index contributed by atoms with van der Waals surface area (Å²) in [6.07, 6.45) is 0. The Morgan fingerprint density at radius 1 is 1.64 bits per heavy atom. The van der Waals surface area contributed by atoms with Crippen LogP contribution in [-0.4, -0.2) is 66.2 Å². The Bertz CT molecular complexity index is 210. The molecule has 1 saturated heterocycles. The molecule has 2 unspecified atom stereocenters. The third-order valence-corrected chi connectivity index (χ3v) is 2.79. The van der Waals surface area contributed by atoms with Crippen LogP contribution in [0.15, 0.2) is 0 Å². The number of hydrogen-bond donors (Lipinski definition) is 2. The maximum atomic E-state index is 10.9. The van der Waals surface area contributed by atoms with Gasteiger partial charge in [-0.2, -0.15) is 0 Å². The minimum Gasteiger partial charge on any atom is -0.480 e. The van der Waals surface area contributed by atoms with E-state index < -0.39 is 12.0 Å². The van der Waals surface area contributed by atoms with Gasteiger partial charge in [-0.3, -0.25) is 9.69 Å². The first-order valence-electron chi connectivity index (χ1n) is 4.93. The Morgan fingerprint density at radius 3 is 2.71 bits per heavy atom. The Hall–Kier alpha value is -0.650. The number of carboxylic acids is 1. The van der Waals surface area contributed by atoms with E-state index in [9.17, 15) is 4.79 Å². The molecule has 14 heavy (non-hydrogen) atoms. The summed E-state index contributed by atoms with van der Waals surface area (Å²) in [5.74, 6) is -0.816. The maximum Gasteiger partial charge on any atom is 0.322 e. The molecule has 0 aromatic rings. The van der Waals surface area contributed by atoms with Crippen molar-refractivity contribution in [3.05, 3.63) is 0 Å². The Kier molecular flexibility index (Phi) is 3.86. The van der Waals surface area contributed by atoms with E-state index in [4.69, 9.17) is 10.8 Å². The first-order valence-corrected chi connectivity index (χ1v) is 4.93. The Labute approximate surface area is 84.5 Å². The van der Waals surface area contributed by atoms with Crippen molar-refractivity contribution in [2.24, 2.45) is 5.73 Å². The fraction of sp³-hybridized carbons (Fsp3) is 0.889. The second kappa shape index (κ2) is 4.72. The number of nitrogens with zero attached hydrogens (tertiary/aromatic N) is 2. The summed E-state index contributed by atoms with van der Waals surface area (Å²) in [7, 11) is 2.05. The molecule has 2 atom stereocenters. The van der Waals surface area contributed by atoms with Crippen LogP contribution < -0.4 is 5.73 Å². The molecule has 5 nitrogen and oxygen atoms in total. The van der Waals surface area contributed by atoms with Gasteiger partial charge in [-0.05, 0) is 14.0 Å². The fourth-order valence-electron chi connectivity index (χ4n) is 1.99. The molecule has 5 heteroatoms. The van der Waals surface area contributed by atoms with Gasteiger partial charge in [0.2, 0.25) is 0 Å². The van der Waals surface area contributed by atoms with E-state index in [0.29, 0.717) is 0 Å². The predicted octanol–water partition coefficient (Wildman–Crippen LogP) is -0.966. The summed E-state index contributed by atoms with van der Waals surface area (Å²) in [4.78, 5) is 15.1. The van der Waals surface area contributed by atoms with Crippen LogP contribution in [0.1, 0.15) is 6.92 Å². The molecular formula is C9H19N3O2. The van der Waals surface area contributed by atoms with Gasteiger partial charge in [0, 0.05) is 32.2 Å². The molecule has 1 rings (SSSR count). The SMILES string of the molecule is CC1CN(C)CCN1C(CN)C(=O)O. The molecule has 0 amide bonds. The average molecular weight is 201 g/mol. The predicted molar refractivity (Wildman–Crippen MR) is 54.1 cm³/mol. The highest BCUT2D eigenvalue weighted by molar-refractivity contribution is 5.73. The monoisotopic (exact) mass is 201 g/mol. The molecule has 0 aliphatic carbocycles. The number of nitrogens with two attached hydrogens (primary N) is 1. The molecule has 1 fully saturated rings. The van der Waals surface area contributed by atoms with Gasteiger partial charge in [0.1, 0.15) is 6.04 Å². The quantitative estimate of drug-likeness (QED) is 0.615. The van der Waals surface area contributed by atoms with E-state index >= 15 is 0 Å². The third-order valence-electron chi connectivity index (χ3n) is 2.79. The van der Waals surface area contributed by atoms with Crippen molar-refractivity contribution in [2.45, 2.75) is 19.0 Å². The molecule has 0 saturated carbocycles. The normalized spacial score (nSPS) is 27.5. The van der Waals surface area contributed by atoms with Crippen LogP contribution >= 0.6 is 0 Å². The zero-order valence-electron chi connectivity index (χ0n) is 8.81. The number of likely N-dealkylation sites (N-methyl/N-ethyl adjacent to an activating group) is 1. The van der Waals surface area contributed by atoms with Crippen molar-refractivity contribution in [3.8, 4) is 0 Å². The van der Waals surface area contributed by atoms with Crippen LogP contribution in [0.3, 0.4) is 0 Å². The third kappa shape index (κ3) is 2.43. The highest BCUT2D eigenvalue weighted by Crippen LogP contribution is 2.11. The van der Waals surface area contributed by atoms with E-state index in [1.807, 2.05) is 18.9 Å². The number of piperazine rings is 1. The van der Waals surface area contributed by atoms with Gasteiger partial charge in [-0.15, -0.1) is 0 Å². The fourth-order valence-corrected chi connectivity index (χ4v) is 1.99. The van der Waals surface area contributed by atoms with Crippen molar-refractivity contribution >= 4 is 5.97 Å². The van der Waals surface area contributed by atoms with Crippen molar-refractivity contribution < 1.29 is 9.90 Å². The zero-order valence-corrected chi connectivity index (χ0v) is 8.81. The van der Waals surface area contributed by atoms with Crippen LogP contribution in [-0.2, 0) is 4.79 Å². The number of rotatable bonds is 3. The molecule has 0 bridgehead atoms. The van der Waals surface area contributed by atoms with E-state index in [0.717, 1.165) is 19.6 Å². The summed E-state index contributed by atoms with van der Waals surface area (Å²) < 4.78 is 0. The highest BCUT2D eigenvalue weighted by atomic mass is 16.4. The lowest BCUT2D eigenvalue weighted by Gasteiger charge is -2.40. The van der Waals surface area contributed by atoms with E-state index in [1.54, 1.807) is 0 Å². The first-order chi connectivity index (χ1) is 6.56. The number of carboxylic acid groups (broad SMARTS) is 1. The number of aliphatic carboxylic acids is 1. The summed E-state index contributed by atoms with van der Waals surface area (Å²) in [6.45, 7) is 4.83. The van der Waals surface area contributed by atoms with Crippen LogP contribution in [0.4, 0.5) is 0 Å². The molecule has 0 aromatic carbocycles. The van der Waals surface area contributed by atoms with Crippen molar-refractivity contribution in [1.82, 2.24) is 9.80 Å². The summed E-state index contributed by atoms with van der Waals surface area (Å²) in [6, 6.07) is -0.267. The Morgan fingerprint density at radius 2 is 2.29 bits per heavy atom. The van der Waals surface area contributed by atoms with Crippen LogP contribution in [0.25, 0.3) is 0 Å². The van der Waals surface area contributed by atoms with Crippen LogP contribution in [0.5, 0.6) is 0 Å². The van der Waals surface area contributed by atoms with E-state index in [1.165, 1.54) is 0 Å². The smallest absolute Gasteiger partial charge is 0.322 e. The Balaban J connectivity index is 2.62. The van der Waals surface area contributed by atoms with Crippen LogP contribution in [0.2, 0.25) is 0 Å². The van der Waals surface area contributed by atoms with Gasteiger partial charge in [-0.1, -0.05) is 0 Å². The maximum absolute atomic E-state index is 10.9. The van der Waals surface area contributed by atoms with Gasteiger partial charge in [0.05, 0.1) is 0 Å². The minimum atomic E-state index is -0.816. The van der Waals surface area contributed by atoms with Crippen LogP contribution in [0, 0.1) is 0 Å². The van der Waals surface area contributed by atoms with Gasteiger partial charge < -0.3 is 15.7 Å². The highest BCUT2D eigenvalue weighted by Gasteiger charge is 2.31. The molecule has 0 radical (unpaired) electrons. The molecule has 1 heterocycles. The molecular weight excluding hydrogens is 182 g/mol. The topological polar surface area (TPSA) is 69.8 Å². The molecule has 0 aromatic heterocycles. The summed E-state index contributed by atoms with van der Waals surface area (Å²) in [5, 5.41) is 8.97. The van der Waals surface area contributed by atoms with Crippen molar-refractivity contribution in [3.63, 3.8) is 0 Å². The molecule has 3 N–H and O–H groups in total. The van der Waals surface area contributed by atoms with E-state index in [2.05, 4.69) is 4.90 Å². The van der Waals surface area contributed by atoms with Gasteiger partial charge >= 0.3 is 5.97 Å². The van der Waals surface area contributed by atoms with Gasteiger partial charge in [-0.25, -0.2) is 0 Å². The number of carbonyl (C=O) groups is 1. The second-order valence-corrected chi connectivity index (χ2v) is 3.94. The lowest BCUT2D eigenvalue weighted by molar-refractivity contribution is -0.144. The zero-order chi connectivity index (χ0) is 10.7. The molecule has 1 aliphatic rings.